The molecule has 1 heteroatoms. The van der Waals surface area contributed by atoms with Gasteiger partial charge in [-0.15, -0.1) is 0 Å². The molecular weight excluding hydrogens is 182 g/mol. The Morgan fingerprint density at radius 3 is 2.67 bits per heavy atom. The van der Waals surface area contributed by atoms with Crippen molar-refractivity contribution in [1.29, 1.82) is 0 Å². The highest BCUT2D eigenvalue weighted by Gasteiger charge is 2.13. The molecule has 0 unspecified atom stereocenters. The first kappa shape index (κ1) is 12.0. The van der Waals surface area contributed by atoms with Gasteiger partial charge in [0, 0.05) is 0 Å². The number of benzene rings is 1. The van der Waals surface area contributed by atoms with Crippen LogP contribution in [0.2, 0.25) is 0 Å². The van der Waals surface area contributed by atoms with Gasteiger partial charge in [0.1, 0.15) is 0 Å². The summed E-state index contributed by atoms with van der Waals surface area (Å²) in [6.45, 7) is 6.93. The molecule has 0 aromatic heterocycles. The molecule has 0 saturated carbocycles. The van der Waals surface area contributed by atoms with Gasteiger partial charge in [-0.2, -0.15) is 0 Å². The predicted molar refractivity (Wildman–Crippen MR) is 67.9 cm³/mol. The quantitative estimate of drug-likeness (QED) is 0.784. The van der Waals surface area contributed by atoms with E-state index in [1.807, 2.05) is 13.8 Å². The Bertz CT molecular complexity index is 350. The van der Waals surface area contributed by atoms with Gasteiger partial charge in [0.15, 0.2) is 0 Å². The Kier molecular flexibility index (Phi) is 4.57. The molecule has 82 valence electrons. The third-order valence-electron chi connectivity index (χ3n) is 2.72. The maximum Gasteiger partial charge on any atom is -0.00366 e. The second-order valence-corrected chi connectivity index (χ2v) is 3.57. The Morgan fingerprint density at radius 1 is 1.27 bits per heavy atom. The highest BCUT2D eigenvalue weighted by Crippen LogP contribution is 2.31. The van der Waals surface area contributed by atoms with E-state index < -0.39 is 0 Å². The smallest absolute Gasteiger partial charge is 0.00366 e. The van der Waals surface area contributed by atoms with Gasteiger partial charge in [-0.25, -0.2) is 0 Å². The second-order valence-electron chi connectivity index (χ2n) is 3.57. The van der Waals surface area contributed by atoms with Crippen molar-refractivity contribution in [3.63, 3.8) is 0 Å². The fourth-order valence-electron chi connectivity index (χ4n) is 2.00. The third kappa shape index (κ3) is 2.48. The lowest BCUT2D eigenvalue weighted by atomic mass is 10.00. The summed E-state index contributed by atoms with van der Waals surface area (Å²) in [7, 11) is 0. The molecule has 0 fully saturated rings. The van der Waals surface area contributed by atoms with Crippen LogP contribution in [0.25, 0.3) is 5.57 Å². The number of hydrogen-bond donors (Lipinski definition) is 1. The van der Waals surface area contributed by atoms with Gasteiger partial charge in [0.2, 0.25) is 0 Å². The van der Waals surface area contributed by atoms with E-state index in [0.29, 0.717) is 0 Å². The van der Waals surface area contributed by atoms with E-state index >= 15 is 0 Å². The standard InChI is InChI=1S/C12H15N.C2H6/c1-9-3-2-4-12-10(7-8-13)5-6-11(9)12;1-2/h2-5H,6-8,13H2,1H3;1-2H3. The maximum absolute atomic E-state index is 5.56. The number of hydrogen-bond acceptors (Lipinski definition) is 1. The van der Waals surface area contributed by atoms with Gasteiger partial charge in [-0.3, -0.25) is 0 Å². The van der Waals surface area contributed by atoms with Crippen LogP contribution in [0.1, 0.15) is 37.0 Å². The minimum Gasteiger partial charge on any atom is -0.330 e. The van der Waals surface area contributed by atoms with E-state index in [2.05, 4.69) is 31.2 Å². The SMILES string of the molecule is CC.Cc1cccc2c1CC=C2CCN. The van der Waals surface area contributed by atoms with E-state index in [-0.39, 0.29) is 0 Å². The normalized spacial score (nSPS) is 12.7. The topological polar surface area (TPSA) is 26.0 Å². The molecule has 2 N–H and O–H groups in total. The van der Waals surface area contributed by atoms with Crippen LogP contribution < -0.4 is 5.73 Å². The Balaban J connectivity index is 0.000000531. The Hall–Kier alpha value is -1.08. The lowest BCUT2D eigenvalue weighted by Crippen LogP contribution is -1.99. The zero-order valence-corrected chi connectivity index (χ0v) is 10.0. The number of fused-ring (bicyclic) bond motifs is 1. The van der Waals surface area contributed by atoms with Crippen molar-refractivity contribution in [1.82, 2.24) is 0 Å². The van der Waals surface area contributed by atoms with Crippen LogP contribution in [-0.4, -0.2) is 6.54 Å². The molecule has 1 aliphatic rings. The van der Waals surface area contributed by atoms with Crippen molar-refractivity contribution in [2.45, 2.75) is 33.6 Å². The molecule has 0 aliphatic heterocycles. The van der Waals surface area contributed by atoms with E-state index in [4.69, 9.17) is 5.73 Å². The summed E-state index contributed by atoms with van der Waals surface area (Å²) in [4.78, 5) is 0. The summed E-state index contributed by atoms with van der Waals surface area (Å²) >= 11 is 0. The Morgan fingerprint density at radius 2 is 2.00 bits per heavy atom. The minimum atomic E-state index is 0.749. The summed E-state index contributed by atoms with van der Waals surface area (Å²) in [5.74, 6) is 0. The molecule has 1 nitrogen and oxygen atoms in total. The van der Waals surface area contributed by atoms with E-state index in [9.17, 15) is 0 Å². The fraction of sp³-hybridized carbons (Fsp3) is 0.429. The first-order chi connectivity index (χ1) is 7.33. The zero-order valence-electron chi connectivity index (χ0n) is 10.0. The van der Waals surface area contributed by atoms with Gasteiger partial charge >= 0.3 is 0 Å². The van der Waals surface area contributed by atoms with Crippen molar-refractivity contribution in [2.24, 2.45) is 5.73 Å². The molecule has 1 aliphatic carbocycles. The largest absolute Gasteiger partial charge is 0.330 e. The minimum absolute atomic E-state index is 0.749. The van der Waals surface area contributed by atoms with Crippen molar-refractivity contribution in [3.8, 4) is 0 Å². The van der Waals surface area contributed by atoms with Crippen LogP contribution >= 0.6 is 0 Å². The first-order valence-corrected chi connectivity index (χ1v) is 5.81. The molecule has 0 spiro atoms. The van der Waals surface area contributed by atoms with Gasteiger partial charge < -0.3 is 5.73 Å². The molecular formula is C14H21N. The summed E-state index contributed by atoms with van der Waals surface area (Å²) in [6.07, 6.45) is 4.41. The molecule has 0 atom stereocenters. The molecule has 1 aromatic carbocycles. The van der Waals surface area contributed by atoms with Crippen molar-refractivity contribution in [3.05, 3.63) is 41.0 Å². The van der Waals surface area contributed by atoms with Gasteiger partial charge in [0.25, 0.3) is 0 Å². The summed E-state index contributed by atoms with van der Waals surface area (Å²) in [5.41, 5.74) is 11.3. The number of nitrogens with two attached hydrogens (primary N) is 1. The zero-order chi connectivity index (χ0) is 11.3. The molecule has 0 heterocycles. The monoisotopic (exact) mass is 203 g/mol. The predicted octanol–water partition coefficient (Wildman–Crippen LogP) is 3.31. The first-order valence-electron chi connectivity index (χ1n) is 5.81. The number of allylic oxidation sites excluding steroid dienone is 1. The van der Waals surface area contributed by atoms with E-state index in [1.165, 1.54) is 22.3 Å². The van der Waals surface area contributed by atoms with Crippen LogP contribution in [0.15, 0.2) is 24.3 Å². The molecule has 0 saturated heterocycles. The molecule has 0 amide bonds. The number of rotatable bonds is 2. The van der Waals surface area contributed by atoms with Crippen LogP contribution in [0.5, 0.6) is 0 Å². The second kappa shape index (κ2) is 5.72. The average molecular weight is 203 g/mol. The molecule has 0 radical (unpaired) electrons. The summed E-state index contributed by atoms with van der Waals surface area (Å²) < 4.78 is 0. The lowest BCUT2D eigenvalue weighted by molar-refractivity contribution is 1.02. The lowest BCUT2D eigenvalue weighted by Gasteiger charge is -2.06. The van der Waals surface area contributed by atoms with Gasteiger partial charge in [-0.1, -0.05) is 38.1 Å². The van der Waals surface area contributed by atoms with Crippen molar-refractivity contribution >= 4 is 5.57 Å². The van der Waals surface area contributed by atoms with Crippen LogP contribution in [-0.2, 0) is 6.42 Å². The van der Waals surface area contributed by atoms with Crippen LogP contribution in [0, 0.1) is 6.92 Å². The Labute approximate surface area is 93.0 Å². The third-order valence-corrected chi connectivity index (χ3v) is 2.72. The van der Waals surface area contributed by atoms with Crippen LogP contribution in [0.4, 0.5) is 0 Å². The van der Waals surface area contributed by atoms with Crippen molar-refractivity contribution in [2.75, 3.05) is 6.54 Å². The average Bonchev–Trinajstić information content (AvgIpc) is 2.67. The van der Waals surface area contributed by atoms with Gasteiger partial charge in [0.05, 0.1) is 0 Å². The molecule has 2 rings (SSSR count). The summed E-state index contributed by atoms with van der Waals surface area (Å²) in [6, 6.07) is 6.51. The highest BCUT2D eigenvalue weighted by molar-refractivity contribution is 5.74. The van der Waals surface area contributed by atoms with Crippen molar-refractivity contribution < 1.29 is 0 Å². The summed E-state index contributed by atoms with van der Waals surface area (Å²) in [5, 5.41) is 0. The maximum atomic E-state index is 5.56. The van der Waals surface area contributed by atoms with E-state index in [0.717, 1.165) is 19.4 Å². The molecule has 0 bridgehead atoms. The highest BCUT2D eigenvalue weighted by atomic mass is 14.5. The molecule has 15 heavy (non-hydrogen) atoms. The fourth-order valence-corrected chi connectivity index (χ4v) is 2.00. The van der Waals surface area contributed by atoms with E-state index in [1.54, 1.807) is 0 Å². The van der Waals surface area contributed by atoms with Gasteiger partial charge in [-0.05, 0) is 48.6 Å². The van der Waals surface area contributed by atoms with Crippen LogP contribution in [0.3, 0.4) is 0 Å². The number of aryl methyl sites for hydroxylation is 1. The molecule has 1 aromatic rings.